The van der Waals surface area contributed by atoms with Crippen LogP contribution in [0.15, 0.2) is 33.2 Å². The van der Waals surface area contributed by atoms with Gasteiger partial charge in [-0.3, -0.25) is 0 Å². The molecular weight excluding hydrogens is 394 g/mol. The lowest BCUT2D eigenvalue weighted by Crippen LogP contribution is -1.98. The van der Waals surface area contributed by atoms with Crippen LogP contribution < -0.4 is 5.32 Å². The Morgan fingerprint density at radius 2 is 1.85 bits per heavy atom. The molecule has 0 saturated heterocycles. The monoisotopic (exact) mass is 400 g/mol. The maximum Gasteiger partial charge on any atom is 0.162 e. The van der Waals surface area contributed by atoms with Crippen molar-refractivity contribution in [3.05, 3.63) is 56.0 Å². The van der Waals surface area contributed by atoms with Gasteiger partial charge in [0, 0.05) is 5.69 Å². The van der Waals surface area contributed by atoms with E-state index < -0.39 is 5.82 Å². The van der Waals surface area contributed by atoms with Crippen LogP contribution in [0.3, 0.4) is 0 Å². The average molecular weight is 402 g/mol. The van der Waals surface area contributed by atoms with Gasteiger partial charge in [0.05, 0.1) is 20.2 Å². The second-order valence-corrected chi connectivity index (χ2v) is 5.75. The van der Waals surface area contributed by atoms with Gasteiger partial charge in [0.2, 0.25) is 0 Å². The number of nitrogens with zero attached hydrogens (tertiary/aromatic N) is 1. The maximum atomic E-state index is 14.1. The molecule has 1 N–H and O–H groups in total. The van der Waals surface area contributed by atoms with Gasteiger partial charge >= 0.3 is 0 Å². The molecule has 2 nitrogen and oxygen atoms in total. The summed E-state index contributed by atoms with van der Waals surface area (Å²) < 4.78 is 27.8. The van der Waals surface area contributed by atoms with Crippen LogP contribution in [-0.2, 0) is 0 Å². The van der Waals surface area contributed by atoms with Gasteiger partial charge in [-0.25, -0.2) is 8.78 Å². The fraction of sp³-hybridized carbons (Fsp3) is 0.0714. The summed E-state index contributed by atoms with van der Waals surface area (Å²) in [6.45, 7) is 1.72. The lowest BCUT2D eigenvalue weighted by molar-refractivity contribution is 0.620. The van der Waals surface area contributed by atoms with Crippen molar-refractivity contribution in [1.29, 1.82) is 5.26 Å². The van der Waals surface area contributed by atoms with Gasteiger partial charge in [-0.15, -0.1) is 0 Å². The van der Waals surface area contributed by atoms with Gasteiger partial charge in [-0.1, -0.05) is 0 Å². The van der Waals surface area contributed by atoms with Gasteiger partial charge in [-0.2, -0.15) is 5.26 Å². The molecule has 0 aromatic heterocycles. The zero-order valence-electron chi connectivity index (χ0n) is 10.3. The molecule has 0 spiro atoms. The van der Waals surface area contributed by atoms with Crippen molar-refractivity contribution in [1.82, 2.24) is 0 Å². The highest BCUT2D eigenvalue weighted by molar-refractivity contribution is 9.10. The van der Waals surface area contributed by atoms with Crippen molar-refractivity contribution in [3.8, 4) is 6.07 Å². The Hall–Kier alpha value is -1.45. The van der Waals surface area contributed by atoms with Crippen LogP contribution >= 0.6 is 31.9 Å². The third-order valence-electron chi connectivity index (χ3n) is 2.74. The quantitative estimate of drug-likeness (QED) is 0.729. The summed E-state index contributed by atoms with van der Waals surface area (Å²) in [5, 5.41) is 11.7. The van der Waals surface area contributed by atoms with Crippen molar-refractivity contribution < 1.29 is 8.78 Å². The lowest BCUT2D eigenvalue weighted by Gasteiger charge is -2.12. The van der Waals surface area contributed by atoms with Crippen LogP contribution in [0.25, 0.3) is 0 Å². The topological polar surface area (TPSA) is 35.8 Å². The first-order chi connectivity index (χ1) is 9.43. The van der Waals surface area contributed by atoms with E-state index in [4.69, 9.17) is 5.26 Å². The highest BCUT2D eigenvalue weighted by Gasteiger charge is 2.13. The third-order valence-corrected chi connectivity index (χ3v) is 4.12. The number of hydrogen-bond donors (Lipinski definition) is 1. The summed E-state index contributed by atoms with van der Waals surface area (Å²) in [6, 6.07) is 7.74. The molecule has 0 aliphatic heterocycles. The largest absolute Gasteiger partial charge is 0.353 e. The molecule has 102 valence electrons. The molecule has 0 aliphatic carbocycles. The van der Waals surface area contributed by atoms with Crippen molar-refractivity contribution in [2.45, 2.75) is 6.92 Å². The van der Waals surface area contributed by atoms with Gasteiger partial charge in [0.1, 0.15) is 11.9 Å². The highest BCUT2D eigenvalue weighted by Crippen LogP contribution is 2.31. The smallest absolute Gasteiger partial charge is 0.162 e. The van der Waals surface area contributed by atoms with E-state index in [1.165, 1.54) is 24.3 Å². The summed E-state index contributed by atoms with van der Waals surface area (Å²) in [4.78, 5) is 0. The van der Waals surface area contributed by atoms with Crippen LogP contribution in [0.4, 0.5) is 20.2 Å². The predicted molar refractivity (Wildman–Crippen MR) is 80.9 cm³/mol. The van der Waals surface area contributed by atoms with Gasteiger partial charge < -0.3 is 5.32 Å². The van der Waals surface area contributed by atoms with E-state index in [-0.39, 0.29) is 21.5 Å². The number of benzene rings is 2. The normalized spacial score (nSPS) is 10.2. The molecule has 0 heterocycles. The molecule has 2 aromatic carbocycles. The van der Waals surface area contributed by atoms with E-state index >= 15 is 0 Å². The molecule has 6 heteroatoms. The molecule has 0 radical (unpaired) electrons. The van der Waals surface area contributed by atoms with Crippen molar-refractivity contribution >= 4 is 43.2 Å². The number of anilines is 2. The second kappa shape index (κ2) is 5.90. The molecule has 0 bridgehead atoms. The summed E-state index contributed by atoms with van der Waals surface area (Å²) in [5.41, 5.74) is 1.64. The van der Waals surface area contributed by atoms with Crippen LogP contribution in [0.5, 0.6) is 0 Å². The van der Waals surface area contributed by atoms with E-state index in [1.54, 1.807) is 6.92 Å². The number of nitrogens with one attached hydrogen (secondary N) is 1. The van der Waals surface area contributed by atoms with Crippen molar-refractivity contribution in [2.75, 3.05) is 5.32 Å². The third kappa shape index (κ3) is 2.84. The fourth-order valence-electron chi connectivity index (χ4n) is 1.66. The van der Waals surface area contributed by atoms with Gasteiger partial charge in [0.15, 0.2) is 5.82 Å². The summed E-state index contributed by atoms with van der Waals surface area (Å²) in [5.74, 6) is -0.946. The molecule has 0 saturated carbocycles. The number of aryl methyl sites for hydroxylation is 1. The van der Waals surface area contributed by atoms with E-state index in [1.807, 2.05) is 6.07 Å². The Labute approximate surface area is 131 Å². The molecule has 2 aromatic rings. The number of nitriles is 1. The Bertz CT molecular complexity index is 724. The number of hydrogen-bond acceptors (Lipinski definition) is 2. The molecule has 0 unspecified atom stereocenters. The minimum absolute atomic E-state index is 0.101. The number of halogens is 4. The summed E-state index contributed by atoms with van der Waals surface area (Å²) in [7, 11) is 0. The zero-order chi connectivity index (χ0) is 14.9. The van der Waals surface area contributed by atoms with Crippen molar-refractivity contribution in [2.24, 2.45) is 0 Å². The standard InChI is InChI=1S/C14H8Br2F2N2/c1-7-4-10(17)9(15)5-12(7)20-11-3-2-8(6-19)13(16)14(11)18/h2-5,20H,1H3. The van der Waals surface area contributed by atoms with Gasteiger partial charge in [0.25, 0.3) is 0 Å². The van der Waals surface area contributed by atoms with Gasteiger partial charge in [-0.05, 0) is 68.6 Å². The molecule has 0 aliphatic rings. The van der Waals surface area contributed by atoms with Crippen molar-refractivity contribution in [3.63, 3.8) is 0 Å². The predicted octanol–water partition coefficient (Wildman–Crippen LogP) is 5.41. The summed E-state index contributed by atoms with van der Waals surface area (Å²) >= 11 is 6.13. The Kier molecular flexibility index (Phi) is 4.41. The zero-order valence-corrected chi connectivity index (χ0v) is 13.4. The number of rotatable bonds is 2. The van der Waals surface area contributed by atoms with Crippen LogP contribution in [-0.4, -0.2) is 0 Å². The van der Waals surface area contributed by atoms with E-state index in [9.17, 15) is 8.78 Å². The Morgan fingerprint density at radius 1 is 1.15 bits per heavy atom. The summed E-state index contributed by atoms with van der Waals surface area (Å²) in [6.07, 6.45) is 0. The molecule has 2 rings (SSSR count). The molecule has 0 amide bonds. The first-order valence-electron chi connectivity index (χ1n) is 5.54. The maximum absolute atomic E-state index is 14.1. The van der Waals surface area contributed by atoms with Crippen LogP contribution in [0.2, 0.25) is 0 Å². The molecular formula is C14H8Br2F2N2. The molecule has 0 atom stereocenters. The highest BCUT2D eigenvalue weighted by atomic mass is 79.9. The Balaban J connectivity index is 2.44. The minimum atomic E-state index is -0.566. The fourth-order valence-corrected chi connectivity index (χ4v) is 2.44. The van der Waals surface area contributed by atoms with Crippen LogP contribution in [0, 0.1) is 29.9 Å². The first kappa shape index (κ1) is 14.9. The van der Waals surface area contributed by atoms with Crippen LogP contribution in [0.1, 0.15) is 11.1 Å². The lowest BCUT2D eigenvalue weighted by atomic mass is 10.1. The SMILES string of the molecule is Cc1cc(F)c(Br)cc1Nc1ccc(C#N)c(Br)c1F. The molecule has 20 heavy (non-hydrogen) atoms. The van der Waals surface area contributed by atoms with E-state index in [0.717, 1.165) is 0 Å². The van der Waals surface area contributed by atoms with E-state index in [0.29, 0.717) is 15.7 Å². The Morgan fingerprint density at radius 3 is 2.50 bits per heavy atom. The second-order valence-electron chi connectivity index (χ2n) is 4.11. The average Bonchev–Trinajstić information content (AvgIpc) is 2.41. The minimum Gasteiger partial charge on any atom is -0.353 e. The first-order valence-corrected chi connectivity index (χ1v) is 7.13. The molecule has 0 fully saturated rings. The van der Waals surface area contributed by atoms with E-state index in [2.05, 4.69) is 37.2 Å².